The number of carbonyl (C=O) groups is 2. The fourth-order valence-corrected chi connectivity index (χ4v) is 10.6. The van der Waals surface area contributed by atoms with Gasteiger partial charge in [0.05, 0.1) is 36.0 Å². The normalized spacial score (nSPS) is 32.6. The lowest BCUT2D eigenvalue weighted by Gasteiger charge is -2.46. The number of nitrogens with one attached hydrogen (secondary N) is 2. The number of ether oxygens (including phenoxy) is 4. The maximum absolute atomic E-state index is 15.1. The van der Waals surface area contributed by atoms with Gasteiger partial charge in [-0.3, -0.25) is 4.79 Å². The van der Waals surface area contributed by atoms with Gasteiger partial charge in [-0.2, -0.15) is 0 Å². The number of aryl methyl sites for hydroxylation is 1. The first-order valence-corrected chi connectivity index (χ1v) is 20.9. The quantitative estimate of drug-likeness (QED) is 0.328. The second kappa shape index (κ2) is 15.5. The molecule has 2 fully saturated rings. The number of fused-ring (bicyclic) bond motifs is 4. The monoisotopic (exact) mass is 768 g/mol. The zero-order valence-corrected chi connectivity index (χ0v) is 32.8. The number of carbonyl (C=O) groups excluding carboxylic acids is 2. The van der Waals surface area contributed by atoms with Crippen LogP contribution in [0.5, 0.6) is 5.75 Å². The molecule has 11 nitrogen and oxygen atoms in total. The van der Waals surface area contributed by atoms with Crippen LogP contribution >= 0.6 is 11.6 Å². The molecule has 2 N–H and O–H groups in total. The van der Waals surface area contributed by atoms with Crippen molar-refractivity contribution in [2.75, 3.05) is 45.4 Å². The molecule has 2 aromatic rings. The second-order valence-electron chi connectivity index (χ2n) is 15.9. The molecular formula is C40H53ClN4O7S. The van der Waals surface area contributed by atoms with Crippen LogP contribution in [0, 0.1) is 11.8 Å². The van der Waals surface area contributed by atoms with Gasteiger partial charge >= 0.3 is 6.03 Å². The summed E-state index contributed by atoms with van der Waals surface area (Å²) in [5, 5.41) is 3.71. The summed E-state index contributed by atoms with van der Waals surface area (Å²) < 4.78 is 46.3. The summed E-state index contributed by atoms with van der Waals surface area (Å²) in [6.07, 6.45) is 12.0. The molecule has 1 spiro atoms. The summed E-state index contributed by atoms with van der Waals surface area (Å²) >= 11 is 6.48. The predicted octanol–water partition coefficient (Wildman–Crippen LogP) is 6.74. The van der Waals surface area contributed by atoms with E-state index >= 15 is 4.21 Å². The first-order valence-electron chi connectivity index (χ1n) is 19.0. The van der Waals surface area contributed by atoms with Crippen LogP contribution in [0.25, 0.3) is 0 Å². The minimum absolute atomic E-state index is 0.111. The number of nitrogens with zero attached hydrogens (tertiary/aromatic N) is 2. The van der Waals surface area contributed by atoms with Crippen LogP contribution in [-0.2, 0) is 40.8 Å². The molecule has 3 amide bonds. The number of rotatable bonds is 4. The van der Waals surface area contributed by atoms with Gasteiger partial charge in [0.25, 0.3) is 5.91 Å². The van der Waals surface area contributed by atoms with Crippen LogP contribution in [-0.4, -0.2) is 80.5 Å². The van der Waals surface area contributed by atoms with Gasteiger partial charge in [-0.1, -0.05) is 29.8 Å². The van der Waals surface area contributed by atoms with E-state index in [1.165, 1.54) is 11.1 Å². The number of hydrogen-bond donors (Lipinski definition) is 2. The first kappa shape index (κ1) is 38.1. The number of halogens is 1. The van der Waals surface area contributed by atoms with E-state index in [9.17, 15) is 9.59 Å². The average Bonchev–Trinajstić information content (AvgIpc) is 3.27. The highest BCUT2D eigenvalue weighted by atomic mass is 35.5. The van der Waals surface area contributed by atoms with Crippen molar-refractivity contribution in [3.63, 3.8) is 0 Å². The highest BCUT2D eigenvalue weighted by Crippen LogP contribution is 2.47. The van der Waals surface area contributed by atoms with Crippen molar-refractivity contribution in [1.29, 1.82) is 0 Å². The van der Waals surface area contributed by atoms with Gasteiger partial charge in [0.1, 0.15) is 11.4 Å². The van der Waals surface area contributed by atoms with E-state index < -0.39 is 27.5 Å². The average molecular weight is 769 g/mol. The fourth-order valence-electron chi connectivity index (χ4n) is 8.85. The van der Waals surface area contributed by atoms with Crippen molar-refractivity contribution < 1.29 is 32.7 Å². The largest absolute Gasteiger partial charge is 0.490 e. The standard InChI is InChI=1S/C40H53ClN4O7S/c1-39(2)37(46)43-53(48,44-38(47)42-29-11-13-30(49-3)14-12-29)31-15-18-36-34(22-31)45(23-27-9-16-32(27)35(50-4)8-6-20-52-39)24-40(25-51-36)19-5-7-26-21-28(41)10-17-33(26)40/h6,8,10,15,17-18,21-22,27,29-30,32,35H,5,7,9,11-14,16,19-20,23-25H2,1-4H3,(H2,42,43,44,46,47,48)/t27-,29-,30-,32+,35-,40-,53-/m0/s1. The molecule has 3 aliphatic carbocycles. The molecule has 13 heteroatoms. The number of urea groups is 1. The summed E-state index contributed by atoms with van der Waals surface area (Å²) in [6.45, 7) is 5.20. The van der Waals surface area contributed by atoms with Crippen molar-refractivity contribution in [2.45, 2.75) is 106 Å². The van der Waals surface area contributed by atoms with Crippen LogP contribution in [0.4, 0.5) is 10.5 Å². The van der Waals surface area contributed by atoms with Crippen molar-refractivity contribution in [2.24, 2.45) is 16.2 Å². The summed E-state index contributed by atoms with van der Waals surface area (Å²) in [4.78, 5) is 30.0. The third kappa shape index (κ3) is 7.99. The zero-order chi connectivity index (χ0) is 37.4. The van der Waals surface area contributed by atoms with Crippen molar-refractivity contribution in [3.05, 3.63) is 64.7 Å². The number of anilines is 1. The molecular weight excluding hydrogens is 716 g/mol. The molecule has 5 atom stereocenters. The minimum atomic E-state index is -3.85. The lowest BCUT2D eigenvalue weighted by Crippen LogP contribution is -2.49. The fraction of sp³-hybridized carbons (Fsp3) is 0.600. The second-order valence-corrected chi connectivity index (χ2v) is 18.2. The van der Waals surface area contributed by atoms with Gasteiger partial charge in [0.2, 0.25) is 0 Å². The smallest absolute Gasteiger partial charge is 0.327 e. The molecule has 0 saturated heterocycles. The molecule has 2 saturated carbocycles. The van der Waals surface area contributed by atoms with Gasteiger partial charge in [-0.05, 0) is 125 Å². The van der Waals surface area contributed by atoms with Crippen molar-refractivity contribution in [3.8, 4) is 5.75 Å². The highest BCUT2D eigenvalue weighted by Gasteiger charge is 2.45. The number of methoxy groups -OCH3 is 2. The molecule has 0 unspecified atom stereocenters. The predicted molar refractivity (Wildman–Crippen MR) is 205 cm³/mol. The van der Waals surface area contributed by atoms with Crippen LogP contribution in [0.2, 0.25) is 5.02 Å². The van der Waals surface area contributed by atoms with Crippen LogP contribution in [0.1, 0.15) is 76.3 Å². The molecule has 0 radical (unpaired) electrons. The lowest BCUT2D eigenvalue weighted by atomic mass is 9.68. The third-order valence-electron chi connectivity index (χ3n) is 12.1. The van der Waals surface area contributed by atoms with E-state index in [0.717, 1.165) is 75.0 Å². The van der Waals surface area contributed by atoms with Crippen molar-refractivity contribution >= 4 is 39.1 Å². The first-order chi connectivity index (χ1) is 25.4. The SMILES string of the molecule is CO[C@H]1C=CCOC(C)(C)C(=O)N=[S@](=O)(NC(=O)N[C@H]2CC[C@H](OC)CC2)c2ccc3c(c2)N(C[C@@H]2CC[C@H]21)C[C@@]1(CCCc2cc(Cl)ccc21)CO3. The summed E-state index contributed by atoms with van der Waals surface area (Å²) in [5.41, 5.74) is 1.53. The van der Waals surface area contributed by atoms with Gasteiger partial charge < -0.3 is 29.2 Å². The molecule has 2 aliphatic heterocycles. The Morgan fingerprint density at radius 2 is 1.87 bits per heavy atom. The summed E-state index contributed by atoms with van der Waals surface area (Å²) in [5.74, 6) is 0.516. The molecule has 5 aliphatic rings. The Morgan fingerprint density at radius 3 is 2.60 bits per heavy atom. The molecule has 53 heavy (non-hydrogen) atoms. The Balaban J connectivity index is 1.30. The number of hydrogen-bond acceptors (Lipinski definition) is 8. The van der Waals surface area contributed by atoms with Gasteiger partial charge in [-0.15, -0.1) is 4.36 Å². The Hall–Kier alpha value is -3.16. The van der Waals surface area contributed by atoms with Crippen LogP contribution < -0.4 is 19.7 Å². The summed E-state index contributed by atoms with van der Waals surface area (Å²) in [7, 11) is -0.417. The van der Waals surface area contributed by atoms with Crippen molar-refractivity contribution in [1.82, 2.24) is 10.0 Å². The lowest BCUT2D eigenvalue weighted by molar-refractivity contribution is -0.137. The Labute approximate surface area is 318 Å². The Bertz CT molecular complexity index is 1850. The molecule has 7 rings (SSSR count). The van der Waals surface area contributed by atoms with Gasteiger partial charge in [0, 0.05) is 43.8 Å². The topological polar surface area (TPSA) is 128 Å². The molecule has 2 bridgehead atoms. The number of amides is 3. The minimum Gasteiger partial charge on any atom is -0.490 e. The van der Waals surface area contributed by atoms with E-state index in [1.54, 1.807) is 46.3 Å². The Kier molecular flexibility index (Phi) is 11.2. The van der Waals surface area contributed by atoms with Gasteiger partial charge in [0.15, 0.2) is 9.92 Å². The molecule has 2 aromatic carbocycles. The zero-order valence-electron chi connectivity index (χ0n) is 31.2. The maximum atomic E-state index is 15.1. The molecule has 2 heterocycles. The van der Waals surface area contributed by atoms with E-state index in [4.69, 9.17) is 30.5 Å². The van der Waals surface area contributed by atoms with Crippen LogP contribution in [0.3, 0.4) is 0 Å². The van der Waals surface area contributed by atoms with E-state index in [2.05, 4.69) is 31.4 Å². The van der Waals surface area contributed by atoms with Gasteiger partial charge in [-0.25, -0.2) is 13.7 Å². The van der Waals surface area contributed by atoms with E-state index in [0.29, 0.717) is 24.8 Å². The maximum Gasteiger partial charge on any atom is 0.327 e. The van der Waals surface area contributed by atoms with E-state index in [-0.39, 0.29) is 41.1 Å². The molecule has 0 aromatic heterocycles. The van der Waals surface area contributed by atoms with E-state index in [1.807, 2.05) is 18.2 Å². The summed E-state index contributed by atoms with van der Waals surface area (Å²) in [6, 6.07) is 10.7. The van der Waals surface area contributed by atoms with Crippen LogP contribution in [0.15, 0.2) is 57.8 Å². The molecule has 288 valence electrons. The Morgan fingerprint density at radius 1 is 1.06 bits per heavy atom. The third-order valence-corrected chi connectivity index (χ3v) is 14.1. The highest BCUT2D eigenvalue weighted by molar-refractivity contribution is 7.92. The number of benzene rings is 2.